The van der Waals surface area contributed by atoms with Gasteiger partial charge in [-0.05, 0) is 30.6 Å². The highest BCUT2D eigenvalue weighted by atomic mass is 35.5. The normalized spacial score (nSPS) is 21.4. The fourth-order valence-electron chi connectivity index (χ4n) is 4.23. The van der Waals surface area contributed by atoms with Crippen molar-refractivity contribution in [3.63, 3.8) is 0 Å². The number of primary amides is 1. The Morgan fingerprint density at radius 2 is 1.62 bits per heavy atom. The summed E-state index contributed by atoms with van der Waals surface area (Å²) in [5.74, 6) is -4.05. The summed E-state index contributed by atoms with van der Waals surface area (Å²) < 4.78 is 0. The van der Waals surface area contributed by atoms with Gasteiger partial charge in [-0.3, -0.25) is 24.0 Å². The van der Waals surface area contributed by atoms with Crippen LogP contribution >= 0.6 is 23.2 Å². The number of ketones is 2. The van der Waals surface area contributed by atoms with Crippen LogP contribution in [0, 0.1) is 23.2 Å². The minimum absolute atomic E-state index is 0.0244. The Kier molecular flexibility index (Phi) is 10.4. The van der Waals surface area contributed by atoms with Gasteiger partial charge >= 0.3 is 6.03 Å². The Labute approximate surface area is 226 Å². The molecule has 1 aliphatic heterocycles. The molecule has 13 heteroatoms. The molecule has 1 saturated carbocycles. The summed E-state index contributed by atoms with van der Waals surface area (Å²) in [7, 11) is 0. The predicted molar refractivity (Wildman–Crippen MR) is 138 cm³/mol. The molecule has 2 aliphatic rings. The van der Waals surface area contributed by atoms with Crippen LogP contribution in [0.25, 0.3) is 0 Å². The topological polar surface area (TPSA) is 168 Å². The molecule has 2 rings (SSSR count). The van der Waals surface area contributed by atoms with Crippen LogP contribution in [-0.2, 0) is 24.0 Å². The van der Waals surface area contributed by atoms with Crippen molar-refractivity contribution in [1.29, 1.82) is 0 Å². The maximum Gasteiger partial charge on any atom is 0.316 e. The number of halogens is 2. The summed E-state index contributed by atoms with van der Waals surface area (Å²) in [6.07, 6.45) is 1.73. The SMILES string of the molecule is CC(C)[C@H](NC(=O)N[C@H](C(=O)N1C[C@H](C(Cl)Cl)C[C@H]1C(=O)NCC(=O)C(N)=O)C(C)(C)C)C(=O)C1CC1. The zero-order valence-corrected chi connectivity index (χ0v) is 23.3. The molecular weight excluding hydrogens is 525 g/mol. The molecule has 0 aromatic heterocycles. The lowest BCUT2D eigenvalue weighted by molar-refractivity contribution is -0.142. The lowest BCUT2D eigenvalue weighted by Crippen LogP contribution is -2.60. The van der Waals surface area contributed by atoms with E-state index in [1.54, 1.807) is 20.8 Å². The van der Waals surface area contributed by atoms with Crippen molar-refractivity contribution in [2.45, 2.75) is 76.8 Å². The van der Waals surface area contributed by atoms with Crippen LogP contribution in [0.1, 0.15) is 53.9 Å². The molecule has 0 bridgehead atoms. The molecule has 0 spiro atoms. The molecule has 208 valence electrons. The first-order chi connectivity index (χ1) is 17.0. The number of carbonyl (C=O) groups excluding carboxylic acids is 6. The van der Waals surface area contributed by atoms with Gasteiger partial charge in [0.1, 0.15) is 16.9 Å². The van der Waals surface area contributed by atoms with Crippen LogP contribution in [0.5, 0.6) is 0 Å². The first kappa shape index (κ1) is 30.8. The van der Waals surface area contributed by atoms with E-state index >= 15 is 0 Å². The minimum Gasteiger partial charge on any atom is -0.363 e. The van der Waals surface area contributed by atoms with Crippen molar-refractivity contribution in [2.24, 2.45) is 28.9 Å². The molecule has 1 aliphatic carbocycles. The molecular formula is C24H37Cl2N5O6. The Morgan fingerprint density at radius 3 is 2.08 bits per heavy atom. The second-order valence-corrected chi connectivity index (χ2v) is 12.3. The Balaban J connectivity index is 2.21. The van der Waals surface area contributed by atoms with Gasteiger partial charge in [-0.25, -0.2) is 4.79 Å². The van der Waals surface area contributed by atoms with Crippen molar-refractivity contribution >= 4 is 58.5 Å². The summed E-state index contributed by atoms with van der Waals surface area (Å²) in [6, 6.07) is -3.46. The molecule has 0 aromatic carbocycles. The van der Waals surface area contributed by atoms with Gasteiger partial charge < -0.3 is 26.6 Å². The number of nitrogens with one attached hydrogen (secondary N) is 3. The van der Waals surface area contributed by atoms with E-state index in [-0.39, 0.29) is 30.6 Å². The number of nitrogens with zero attached hydrogens (tertiary/aromatic N) is 1. The van der Waals surface area contributed by atoms with Gasteiger partial charge in [0.2, 0.25) is 17.6 Å². The molecule has 0 unspecified atom stereocenters. The molecule has 5 amide bonds. The summed E-state index contributed by atoms with van der Waals surface area (Å²) in [4.78, 5) is 75.2. The third-order valence-corrected chi connectivity index (χ3v) is 7.31. The lowest BCUT2D eigenvalue weighted by Gasteiger charge is -2.36. The largest absolute Gasteiger partial charge is 0.363 e. The number of nitrogens with two attached hydrogens (primary N) is 1. The van der Waals surface area contributed by atoms with E-state index in [1.807, 2.05) is 13.8 Å². The molecule has 11 nitrogen and oxygen atoms in total. The Bertz CT molecular complexity index is 931. The smallest absolute Gasteiger partial charge is 0.316 e. The van der Waals surface area contributed by atoms with E-state index in [1.165, 1.54) is 4.90 Å². The predicted octanol–water partition coefficient (Wildman–Crippen LogP) is 0.895. The summed E-state index contributed by atoms with van der Waals surface area (Å²) in [6.45, 7) is 8.37. The molecule has 0 aromatic rings. The lowest BCUT2D eigenvalue weighted by atomic mass is 9.85. The van der Waals surface area contributed by atoms with Crippen LogP contribution in [-0.4, -0.2) is 76.3 Å². The van der Waals surface area contributed by atoms with E-state index in [2.05, 4.69) is 16.0 Å². The van der Waals surface area contributed by atoms with Crippen molar-refractivity contribution in [3.8, 4) is 0 Å². The number of amides is 5. The summed E-state index contributed by atoms with van der Waals surface area (Å²) in [5.41, 5.74) is 4.16. The zero-order chi connectivity index (χ0) is 28.2. The van der Waals surface area contributed by atoms with Gasteiger partial charge in [-0.2, -0.15) is 0 Å². The number of hydrogen-bond acceptors (Lipinski definition) is 6. The number of carbonyl (C=O) groups is 6. The van der Waals surface area contributed by atoms with Gasteiger partial charge in [0.05, 0.1) is 12.6 Å². The molecule has 37 heavy (non-hydrogen) atoms. The van der Waals surface area contributed by atoms with E-state index in [0.717, 1.165) is 12.8 Å². The highest BCUT2D eigenvalue weighted by molar-refractivity contribution is 6.44. The Morgan fingerprint density at radius 1 is 1.03 bits per heavy atom. The number of hydrogen-bond donors (Lipinski definition) is 4. The van der Waals surface area contributed by atoms with E-state index < -0.39 is 70.4 Å². The van der Waals surface area contributed by atoms with E-state index in [0.29, 0.717) is 0 Å². The summed E-state index contributed by atoms with van der Waals surface area (Å²) in [5, 5.41) is 7.74. The third-order valence-electron chi connectivity index (χ3n) is 6.60. The molecule has 0 radical (unpaired) electrons. The monoisotopic (exact) mass is 561 g/mol. The fourth-order valence-corrected chi connectivity index (χ4v) is 4.60. The highest BCUT2D eigenvalue weighted by Crippen LogP contribution is 2.34. The van der Waals surface area contributed by atoms with Gasteiger partial charge in [-0.15, -0.1) is 23.2 Å². The fraction of sp³-hybridized carbons (Fsp3) is 0.750. The van der Waals surface area contributed by atoms with Crippen LogP contribution in [0.4, 0.5) is 4.79 Å². The molecule has 1 saturated heterocycles. The second-order valence-electron chi connectivity index (χ2n) is 11.2. The average Bonchev–Trinajstić information content (AvgIpc) is 3.54. The molecule has 4 atom stereocenters. The first-order valence-corrected chi connectivity index (χ1v) is 13.2. The van der Waals surface area contributed by atoms with Gasteiger partial charge in [0, 0.05) is 18.4 Å². The number of rotatable bonds is 11. The first-order valence-electron chi connectivity index (χ1n) is 12.3. The van der Waals surface area contributed by atoms with Gasteiger partial charge in [0.25, 0.3) is 5.91 Å². The van der Waals surface area contributed by atoms with Crippen LogP contribution in [0.2, 0.25) is 0 Å². The van der Waals surface area contributed by atoms with Crippen LogP contribution in [0.3, 0.4) is 0 Å². The van der Waals surface area contributed by atoms with Crippen LogP contribution in [0.15, 0.2) is 0 Å². The second kappa shape index (κ2) is 12.4. The van der Waals surface area contributed by atoms with Crippen molar-refractivity contribution in [2.75, 3.05) is 13.1 Å². The van der Waals surface area contributed by atoms with Crippen molar-refractivity contribution in [1.82, 2.24) is 20.9 Å². The van der Waals surface area contributed by atoms with E-state index in [9.17, 15) is 28.8 Å². The maximum atomic E-state index is 13.7. The average molecular weight is 562 g/mol. The third kappa shape index (κ3) is 8.29. The van der Waals surface area contributed by atoms with Crippen LogP contribution < -0.4 is 21.7 Å². The molecule has 2 fully saturated rings. The van der Waals surface area contributed by atoms with Gasteiger partial charge in [0.15, 0.2) is 5.78 Å². The van der Waals surface area contributed by atoms with Gasteiger partial charge in [-0.1, -0.05) is 34.6 Å². The standard InChI is InChI=1S/C24H37Cl2N5O6/c1-11(2)16(17(33)12-6-7-12)29-23(37)30-18(24(3,4)5)22(36)31-10-13(19(25)26)8-14(31)21(35)28-9-15(32)20(27)34/h11-14,16,18-19H,6-10H2,1-5H3,(H2,27,34)(H,28,35)(H2,29,30,37)/t13-,14+,16+,18-/m1/s1. The minimum atomic E-state index is -1.19. The van der Waals surface area contributed by atoms with Crippen molar-refractivity contribution < 1.29 is 28.8 Å². The highest BCUT2D eigenvalue weighted by Gasteiger charge is 2.46. The quantitative estimate of drug-likeness (QED) is 0.216. The molecule has 5 N–H and O–H groups in total. The Hall–Kier alpha value is -2.40. The van der Waals surface area contributed by atoms with Crippen molar-refractivity contribution in [3.05, 3.63) is 0 Å². The zero-order valence-electron chi connectivity index (χ0n) is 21.8. The maximum absolute atomic E-state index is 13.7. The van der Waals surface area contributed by atoms with E-state index in [4.69, 9.17) is 28.9 Å². The number of Topliss-reactive ketones (excluding diaryl/α,β-unsaturated/α-hetero) is 2. The summed E-state index contributed by atoms with van der Waals surface area (Å²) >= 11 is 12.1. The number of likely N-dealkylation sites (tertiary alicyclic amines) is 1. The molecule has 1 heterocycles. The number of urea groups is 1. The number of alkyl halides is 2.